The molecular weight excluding hydrogens is 291 g/mol. The molecule has 0 aliphatic heterocycles. The molecule has 0 atom stereocenters. The molecule has 0 saturated carbocycles. The fraction of sp³-hybridized carbons (Fsp3) is 0.0769. The predicted molar refractivity (Wildman–Crippen MR) is 80.7 cm³/mol. The van der Waals surface area contributed by atoms with Gasteiger partial charge in [0.1, 0.15) is 13.7 Å². The third-order valence-electron chi connectivity index (χ3n) is 2.88. The van der Waals surface area contributed by atoms with Gasteiger partial charge in [-0.1, -0.05) is 6.07 Å². The maximum Gasteiger partial charge on any atom is 0.335 e. The standard InChI is InChI=1S/C13H13BN2O4S/c14-9-16(12-3-1-2-8-15-12)21(19,20)11-6-4-10(5-7-11)13(17)18/h1-8H,9,14H2,(H,17,18). The van der Waals surface area contributed by atoms with E-state index in [1.807, 2.05) is 0 Å². The number of pyridine rings is 1. The van der Waals surface area contributed by atoms with Gasteiger partial charge in [0.15, 0.2) is 0 Å². The zero-order valence-electron chi connectivity index (χ0n) is 11.3. The molecule has 0 radical (unpaired) electrons. The van der Waals surface area contributed by atoms with Crippen LogP contribution in [0.15, 0.2) is 53.6 Å². The normalized spacial score (nSPS) is 11.0. The van der Waals surface area contributed by atoms with Gasteiger partial charge in [-0.05, 0) is 36.4 Å². The average Bonchev–Trinajstić information content (AvgIpc) is 2.49. The molecule has 6 nitrogen and oxygen atoms in total. The lowest BCUT2D eigenvalue weighted by atomic mass is 10.2. The molecule has 2 aromatic rings. The number of aromatic carboxylic acids is 1. The summed E-state index contributed by atoms with van der Waals surface area (Å²) in [6.07, 6.45) is 1.74. The summed E-state index contributed by atoms with van der Waals surface area (Å²) in [7, 11) is -2.06. The van der Waals surface area contributed by atoms with Crippen molar-refractivity contribution in [1.29, 1.82) is 0 Å². The molecule has 0 aliphatic carbocycles. The predicted octanol–water partition coefficient (Wildman–Crippen LogP) is 0.566. The van der Waals surface area contributed by atoms with Crippen molar-refractivity contribution in [3.63, 3.8) is 0 Å². The quantitative estimate of drug-likeness (QED) is 0.816. The van der Waals surface area contributed by atoms with Crippen molar-refractivity contribution >= 4 is 29.7 Å². The second kappa shape index (κ2) is 5.96. The van der Waals surface area contributed by atoms with Crippen LogP contribution in [0.4, 0.5) is 5.82 Å². The van der Waals surface area contributed by atoms with Crippen molar-refractivity contribution in [2.45, 2.75) is 4.90 Å². The highest BCUT2D eigenvalue weighted by molar-refractivity contribution is 7.92. The van der Waals surface area contributed by atoms with Crippen molar-refractivity contribution in [2.24, 2.45) is 0 Å². The van der Waals surface area contributed by atoms with Crippen molar-refractivity contribution in [1.82, 2.24) is 4.98 Å². The summed E-state index contributed by atoms with van der Waals surface area (Å²) in [5.74, 6) is -0.779. The second-order valence-electron chi connectivity index (χ2n) is 4.19. The Kier molecular flexibility index (Phi) is 4.27. The van der Waals surface area contributed by atoms with E-state index in [4.69, 9.17) is 5.11 Å². The number of carboxylic acids is 1. The maximum absolute atomic E-state index is 12.6. The number of nitrogens with zero attached hydrogens (tertiary/aromatic N) is 2. The number of carboxylic acid groups (broad SMARTS) is 1. The minimum absolute atomic E-state index is 0.0278. The van der Waals surface area contributed by atoms with E-state index in [1.54, 1.807) is 26.0 Å². The Balaban J connectivity index is 2.42. The molecule has 2 rings (SSSR count). The largest absolute Gasteiger partial charge is 0.478 e. The third kappa shape index (κ3) is 3.05. The van der Waals surface area contributed by atoms with Crippen LogP contribution >= 0.6 is 0 Å². The van der Waals surface area contributed by atoms with Gasteiger partial charge in [-0.25, -0.2) is 18.2 Å². The Morgan fingerprint density at radius 2 is 1.86 bits per heavy atom. The first-order valence-electron chi connectivity index (χ1n) is 6.24. The molecule has 1 aromatic carbocycles. The van der Waals surface area contributed by atoms with Gasteiger partial charge >= 0.3 is 5.97 Å². The highest BCUT2D eigenvalue weighted by Crippen LogP contribution is 2.21. The zero-order chi connectivity index (χ0) is 15.5. The Morgan fingerprint density at radius 3 is 2.33 bits per heavy atom. The summed E-state index contributed by atoms with van der Waals surface area (Å²) in [6.45, 7) is 0. The van der Waals surface area contributed by atoms with Crippen molar-refractivity contribution < 1.29 is 18.3 Å². The maximum atomic E-state index is 12.6. The highest BCUT2D eigenvalue weighted by Gasteiger charge is 2.24. The topological polar surface area (TPSA) is 87.6 Å². The number of rotatable bonds is 5. The zero-order valence-corrected chi connectivity index (χ0v) is 12.1. The van der Waals surface area contributed by atoms with Crippen LogP contribution in [0.5, 0.6) is 0 Å². The van der Waals surface area contributed by atoms with Gasteiger partial charge in [0.25, 0.3) is 10.0 Å². The summed E-state index contributed by atoms with van der Waals surface area (Å²) in [5, 5.41) is 8.84. The van der Waals surface area contributed by atoms with E-state index in [2.05, 4.69) is 4.98 Å². The number of carbonyl (C=O) groups is 1. The molecule has 0 fully saturated rings. The van der Waals surface area contributed by atoms with Gasteiger partial charge in [-0.15, -0.1) is 0 Å². The molecule has 0 amide bonds. The van der Waals surface area contributed by atoms with E-state index in [0.29, 0.717) is 5.82 Å². The first-order chi connectivity index (χ1) is 9.96. The van der Waals surface area contributed by atoms with Gasteiger partial charge < -0.3 is 5.11 Å². The number of anilines is 1. The first-order valence-corrected chi connectivity index (χ1v) is 7.68. The van der Waals surface area contributed by atoms with Crippen molar-refractivity contribution in [3.8, 4) is 0 Å². The molecule has 1 N–H and O–H groups in total. The monoisotopic (exact) mass is 304 g/mol. The smallest absolute Gasteiger partial charge is 0.335 e. The van der Waals surface area contributed by atoms with E-state index in [1.165, 1.54) is 34.8 Å². The molecule has 108 valence electrons. The summed E-state index contributed by atoms with van der Waals surface area (Å²) in [5.41, 5.74) is 0.0369. The first kappa shape index (κ1) is 15.1. The summed E-state index contributed by atoms with van der Waals surface area (Å²) in [4.78, 5) is 14.9. The van der Waals surface area contributed by atoms with Crippen LogP contribution < -0.4 is 4.31 Å². The minimum Gasteiger partial charge on any atom is -0.478 e. The number of hydrogen-bond acceptors (Lipinski definition) is 4. The lowest BCUT2D eigenvalue weighted by Crippen LogP contribution is -2.32. The molecule has 8 heteroatoms. The minimum atomic E-state index is -3.77. The molecule has 21 heavy (non-hydrogen) atoms. The second-order valence-corrected chi connectivity index (χ2v) is 6.05. The van der Waals surface area contributed by atoms with Gasteiger partial charge in [0.05, 0.1) is 10.5 Å². The summed E-state index contributed by atoms with van der Waals surface area (Å²) in [6, 6.07) is 10.1. The molecule has 0 unspecified atom stereocenters. The molecule has 1 aromatic heterocycles. The lowest BCUT2D eigenvalue weighted by molar-refractivity contribution is 0.0697. The van der Waals surface area contributed by atoms with Crippen molar-refractivity contribution in [2.75, 3.05) is 10.7 Å². The number of benzene rings is 1. The molecule has 0 saturated heterocycles. The Morgan fingerprint density at radius 1 is 1.19 bits per heavy atom. The fourth-order valence-electron chi connectivity index (χ4n) is 1.85. The van der Waals surface area contributed by atoms with E-state index < -0.39 is 16.0 Å². The Hall–Kier alpha value is -2.35. The van der Waals surface area contributed by atoms with Crippen LogP contribution in [0.25, 0.3) is 0 Å². The highest BCUT2D eigenvalue weighted by atomic mass is 32.2. The molecular formula is C13H13BN2O4S. The van der Waals surface area contributed by atoms with Crippen LogP contribution in [0.3, 0.4) is 0 Å². The van der Waals surface area contributed by atoms with Crippen LogP contribution in [0.2, 0.25) is 0 Å². The van der Waals surface area contributed by atoms with Gasteiger partial charge in [0.2, 0.25) is 0 Å². The number of hydrogen-bond donors (Lipinski definition) is 1. The summed E-state index contributed by atoms with van der Waals surface area (Å²) < 4.78 is 26.3. The van der Waals surface area contributed by atoms with Crippen LogP contribution in [0.1, 0.15) is 10.4 Å². The van der Waals surface area contributed by atoms with E-state index >= 15 is 0 Å². The van der Waals surface area contributed by atoms with E-state index in [0.717, 1.165) is 0 Å². The third-order valence-corrected chi connectivity index (χ3v) is 4.77. The Bertz CT molecular complexity index is 733. The van der Waals surface area contributed by atoms with Gasteiger partial charge in [0, 0.05) is 12.6 Å². The van der Waals surface area contributed by atoms with E-state index in [-0.39, 0.29) is 16.9 Å². The van der Waals surface area contributed by atoms with Crippen LogP contribution in [0, 0.1) is 0 Å². The SMILES string of the molecule is BCN(c1ccccn1)S(=O)(=O)c1ccc(C(=O)O)cc1. The number of aromatic nitrogens is 1. The molecule has 0 aliphatic rings. The summed E-state index contributed by atoms with van der Waals surface area (Å²) >= 11 is 0. The van der Waals surface area contributed by atoms with Gasteiger partial charge in [-0.2, -0.15) is 0 Å². The van der Waals surface area contributed by atoms with Crippen molar-refractivity contribution in [3.05, 3.63) is 54.2 Å². The fourth-order valence-corrected chi connectivity index (χ4v) is 3.28. The molecule has 0 bridgehead atoms. The molecule has 1 heterocycles. The van der Waals surface area contributed by atoms with Crippen LogP contribution in [-0.2, 0) is 10.0 Å². The number of sulfonamides is 1. The molecule has 0 spiro atoms. The van der Waals surface area contributed by atoms with E-state index in [9.17, 15) is 13.2 Å². The Labute approximate surface area is 123 Å². The average molecular weight is 304 g/mol. The lowest BCUT2D eigenvalue weighted by Gasteiger charge is -2.21. The van der Waals surface area contributed by atoms with Crippen LogP contribution in [-0.4, -0.2) is 38.8 Å². The van der Waals surface area contributed by atoms with Gasteiger partial charge in [-0.3, -0.25) is 4.31 Å².